The molecule has 3 radical (unpaired) electrons. The molecule has 1 atom stereocenters. The molecule has 13 heavy (non-hydrogen) atoms. The van der Waals surface area contributed by atoms with Crippen LogP contribution in [0.3, 0.4) is 0 Å². The Morgan fingerprint density at radius 1 is 1.38 bits per heavy atom. The lowest BCUT2D eigenvalue weighted by atomic mass is 9.88. The van der Waals surface area contributed by atoms with E-state index >= 15 is 0 Å². The van der Waals surface area contributed by atoms with Gasteiger partial charge in [-0.15, -0.1) is 0 Å². The second-order valence-electron chi connectivity index (χ2n) is 3.61. The summed E-state index contributed by atoms with van der Waals surface area (Å²) in [5, 5.41) is 9.69. The van der Waals surface area contributed by atoms with E-state index in [1.807, 2.05) is 0 Å². The lowest BCUT2D eigenvalue weighted by Gasteiger charge is -2.21. The van der Waals surface area contributed by atoms with Gasteiger partial charge in [-0.3, -0.25) is 0 Å². The first kappa shape index (κ1) is 10.3. The Labute approximate surface area is 81.4 Å². The second kappa shape index (κ2) is 3.97. The van der Waals surface area contributed by atoms with Crippen molar-refractivity contribution in [3.05, 3.63) is 34.9 Å². The molecule has 0 fully saturated rings. The van der Waals surface area contributed by atoms with Crippen molar-refractivity contribution < 1.29 is 5.11 Å². The molecule has 0 spiro atoms. The summed E-state index contributed by atoms with van der Waals surface area (Å²) in [4.78, 5) is 0. The third-order valence-corrected chi connectivity index (χ3v) is 2.58. The molecule has 2 rings (SSSR count). The third-order valence-electron chi connectivity index (χ3n) is 2.58. The SMILES string of the molecule is Cc1ccc2c(c1)C(O)CCC2.[B]. The fraction of sp³-hybridized carbons (Fsp3) is 0.455. The molecule has 0 bridgehead atoms. The third kappa shape index (κ3) is 1.94. The van der Waals surface area contributed by atoms with Gasteiger partial charge in [-0.25, -0.2) is 0 Å². The molecule has 0 heterocycles. The number of aliphatic hydroxyl groups excluding tert-OH is 1. The molecule has 1 unspecified atom stereocenters. The first-order valence-corrected chi connectivity index (χ1v) is 4.55. The highest BCUT2D eigenvalue weighted by Crippen LogP contribution is 2.29. The highest BCUT2D eigenvalue weighted by atomic mass is 16.3. The minimum absolute atomic E-state index is 0. The van der Waals surface area contributed by atoms with Crippen LogP contribution in [0.5, 0.6) is 0 Å². The predicted octanol–water partition coefficient (Wildman–Crippen LogP) is 1.98. The van der Waals surface area contributed by atoms with Crippen LogP contribution >= 0.6 is 0 Å². The Bertz CT molecular complexity index is 296. The summed E-state index contributed by atoms with van der Waals surface area (Å²) < 4.78 is 0. The largest absolute Gasteiger partial charge is 0.388 e. The van der Waals surface area contributed by atoms with Crippen molar-refractivity contribution in [2.75, 3.05) is 0 Å². The van der Waals surface area contributed by atoms with Gasteiger partial charge in [0.2, 0.25) is 0 Å². The lowest BCUT2D eigenvalue weighted by molar-refractivity contribution is 0.156. The van der Waals surface area contributed by atoms with Crippen LogP contribution in [0.15, 0.2) is 18.2 Å². The van der Waals surface area contributed by atoms with Crippen LogP contribution in [-0.4, -0.2) is 13.5 Å². The molecular formula is C11H14BO. The minimum atomic E-state index is -0.214. The number of aryl methyl sites for hydroxylation is 2. The smallest absolute Gasteiger partial charge is 0.0792 e. The molecule has 1 aliphatic rings. The molecule has 1 N–H and O–H groups in total. The molecule has 0 saturated heterocycles. The number of benzene rings is 1. The van der Waals surface area contributed by atoms with E-state index in [-0.39, 0.29) is 14.5 Å². The highest BCUT2D eigenvalue weighted by Gasteiger charge is 2.16. The molecule has 0 aromatic heterocycles. The molecule has 0 aliphatic heterocycles. The summed E-state index contributed by atoms with van der Waals surface area (Å²) in [6, 6.07) is 6.38. The maximum absolute atomic E-state index is 9.69. The standard InChI is InChI=1S/C11H14O.B/c1-8-5-6-9-3-2-4-11(12)10(9)7-8;/h5-7,11-12H,2-4H2,1H3;. The summed E-state index contributed by atoms with van der Waals surface area (Å²) in [5.74, 6) is 0. The van der Waals surface area contributed by atoms with Crippen LogP contribution in [0.1, 0.15) is 35.6 Å². The number of aliphatic hydroxyl groups is 1. The van der Waals surface area contributed by atoms with Crippen LogP contribution in [0.2, 0.25) is 0 Å². The zero-order valence-electron chi connectivity index (χ0n) is 7.96. The Kier molecular flexibility index (Phi) is 3.15. The molecular weight excluding hydrogens is 159 g/mol. The van der Waals surface area contributed by atoms with Gasteiger partial charge in [0.1, 0.15) is 0 Å². The van der Waals surface area contributed by atoms with E-state index in [2.05, 4.69) is 25.1 Å². The summed E-state index contributed by atoms with van der Waals surface area (Å²) >= 11 is 0. The predicted molar refractivity (Wildman–Crippen MR) is 54.8 cm³/mol. The van der Waals surface area contributed by atoms with Crippen molar-refractivity contribution in [2.45, 2.75) is 32.3 Å². The Hall–Kier alpha value is -0.755. The summed E-state index contributed by atoms with van der Waals surface area (Å²) in [7, 11) is 0. The van der Waals surface area contributed by atoms with Crippen LogP contribution in [-0.2, 0) is 6.42 Å². The Morgan fingerprint density at radius 3 is 2.92 bits per heavy atom. The van der Waals surface area contributed by atoms with Crippen molar-refractivity contribution in [1.82, 2.24) is 0 Å². The van der Waals surface area contributed by atoms with Crippen molar-refractivity contribution in [3.63, 3.8) is 0 Å². The highest BCUT2D eigenvalue weighted by molar-refractivity contribution is 5.75. The zero-order chi connectivity index (χ0) is 8.55. The van der Waals surface area contributed by atoms with Gasteiger partial charge in [-0.2, -0.15) is 0 Å². The molecule has 1 aromatic carbocycles. The van der Waals surface area contributed by atoms with E-state index in [1.54, 1.807) is 0 Å². The Balaban J connectivity index is 0.000000845. The van der Waals surface area contributed by atoms with E-state index in [1.165, 1.54) is 11.1 Å². The molecule has 1 aromatic rings. The van der Waals surface area contributed by atoms with E-state index in [0.29, 0.717) is 0 Å². The summed E-state index contributed by atoms with van der Waals surface area (Å²) in [6.07, 6.45) is 2.97. The average molecular weight is 173 g/mol. The van der Waals surface area contributed by atoms with E-state index in [4.69, 9.17) is 0 Å². The van der Waals surface area contributed by atoms with Crippen molar-refractivity contribution in [2.24, 2.45) is 0 Å². The van der Waals surface area contributed by atoms with Gasteiger partial charge in [-0.05, 0) is 37.3 Å². The monoisotopic (exact) mass is 173 g/mol. The topological polar surface area (TPSA) is 20.2 Å². The van der Waals surface area contributed by atoms with Gasteiger partial charge >= 0.3 is 0 Å². The molecule has 67 valence electrons. The maximum atomic E-state index is 9.69. The van der Waals surface area contributed by atoms with Crippen molar-refractivity contribution >= 4 is 8.41 Å². The van der Waals surface area contributed by atoms with Gasteiger partial charge in [0.05, 0.1) is 6.10 Å². The fourth-order valence-corrected chi connectivity index (χ4v) is 1.89. The number of rotatable bonds is 0. The molecule has 1 aliphatic carbocycles. The average Bonchev–Trinajstić information content (AvgIpc) is 2.07. The summed E-state index contributed by atoms with van der Waals surface area (Å²) in [5.41, 5.74) is 3.73. The van der Waals surface area contributed by atoms with Crippen molar-refractivity contribution in [3.8, 4) is 0 Å². The van der Waals surface area contributed by atoms with Gasteiger partial charge in [0.15, 0.2) is 0 Å². The van der Waals surface area contributed by atoms with Crippen LogP contribution < -0.4 is 0 Å². The van der Waals surface area contributed by atoms with Crippen LogP contribution in [0, 0.1) is 6.92 Å². The van der Waals surface area contributed by atoms with Gasteiger partial charge < -0.3 is 5.11 Å². The van der Waals surface area contributed by atoms with Crippen LogP contribution in [0.4, 0.5) is 0 Å². The number of hydrogen-bond acceptors (Lipinski definition) is 1. The zero-order valence-corrected chi connectivity index (χ0v) is 7.96. The first-order chi connectivity index (χ1) is 5.77. The van der Waals surface area contributed by atoms with Gasteiger partial charge in [0, 0.05) is 8.41 Å². The number of fused-ring (bicyclic) bond motifs is 1. The first-order valence-electron chi connectivity index (χ1n) is 4.55. The number of hydrogen-bond donors (Lipinski definition) is 1. The van der Waals surface area contributed by atoms with Gasteiger partial charge in [-0.1, -0.05) is 23.8 Å². The normalized spacial score (nSPS) is 20.3. The van der Waals surface area contributed by atoms with Crippen molar-refractivity contribution in [1.29, 1.82) is 0 Å². The fourth-order valence-electron chi connectivity index (χ4n) is 1.89. The molecule has 0 amide bonds. The quantitative estimate of drug-likeness (QED) is 0.594. The van der Waals surface area contributed by atoms with E-state index < -0.39 is 0 Å². The minimum Gasteiger partial charge on any atom is -0.388 e. The maximum Gasteiger partial charge on any atom is 0.0792 e. The summed E-state index contributed by atoms with van der Waals surface area (Å²) in [6.45, 7) is 2.07. The lowest BCUT2D eigenvalue weighted by Crippen LogP contribution is -2.08. The van der Waals surface area contributed by atoms with Crippen LogP contribution in [0.25, 0.3) is 0 Å². The van der Waals surface area contributed by atoms with Gasteiger partial charge in [0.25, 0.3) is 0 Å². The molecule has 0 saturated carbocycles. The van der Waals surface area contributed by atoms with E-state index in [0.717, 1.165) is 24.8 Å². The second-order valence-corrected chi connectivity index (χ2v) is 3.61. The molecule has 2 heteroatoms. The molecule has 1 nitrogen and oxygen atoms in total. The van der Waals surface area contributed by atoms with E-state index in [9.17, 15) is 5.11 Å². The Morgan fingerprint density at radius 2 is 2.15 bits per heavy atom.